The van der Waals surface area contributed by atoms with Crippen LogP contribution in [0.25, 0.3) is 10.4 Å². The van der Waals surface area contributed by atoms with Crippen LogP contribution in [-0.4, -0.2) is 35.4 Å². The molecule has 1 saturated carbocycles. The summed E-state index contributed by atoms with van der Waals surface area (Å²) in [6, 6.07) is 10.1. The van der Waals surface area contributed by atoms with Crippen molar-refractivity contribution in [3.63, 3.8) is 0 Å². The van der Waals surface area contributed by atoms with Gasteiger partial charge in [-0.3, -0.25) is 4.79 Å². The second-order valence-corrected chi connectivity index (χ2v) is 15.7. The molecule has 1 aromatic carbocycles. The minimum absolute atomic E-state index is 0.0930. The zero-order valence-electron chi connectivity index (χ0n) is 19.2. The van der Waals surface area contributed by atoms with Crippen LogP contribution in [0.2, 0.25) is 18.1 Å². The predicted octanol–water partition coefficient (Wildman–Crippen LogP) is 5.39. The van der Waals surface area contributed by atoms with Crippen LogP contribution < -0.4 is 5.32 Å². The Bertz CT molecular complexity index is 1070. The van der Waals surface area contributed by atoms with Gasteiger partial charge >= 0.3 is 0 Å². The topological polar surface area (TPSA) is 90.1 Å². The molecule has 0 spiro atoms. The number of nitrogens with zero attached hydrogens (tertiary/aromatic N) is 3. The SMILES string of the molecule is CC(C)(C)[Si](C)(C)OCc1nnc([C@H]2C[C@H](NC(=O)c3ncc(-c4ccccc4)s3)C2)o1. The van der Waals surface area contributed by atoms with E-state index in [0.717, 1.165) is 23.3 Å². The molecule has 0 atom stereocenters. The Hall–Kier alpha value is -2.36. The lowest BCUT2D eigenvalue weighted by Gasteiger charge is -2.35. The van der Waals surface area contributed by atoms with Crippen molar-refractivity contribution in [3.05, 3.63) is 53.3 Å². The van der Waals surface area contributed by atoms with E-state index < -0.39 is 8.32 Å². The number of amides is 1. The first kappa shape index (κ1) is 22.8. The smallest absolute Gasteiger partial charge is 0.280 e. The normalized spacial score (nSPS) is 18.9. The van der Waals surface area contributed by atoms with Crippen LogP contribution >= 0.6 is 11.3 Å². The summed E-state index contributed by atoms with van der Waals surface area (Å²) in [5.41, 5.74) is 1.07. The first-order valence-electron chi connectivity index (χ1n) is 10.9. The lowest BCUT2D eigenvalue weighted by atomic mass is 9.80. The molecule has 9 heteroatoms. The van der Waals surface area contributed by atoms with E-state index in [4.69, 9.17) is 8.84 Å². The van der Waals surface area contributed by atoms with Gasteiger partial charge in [-0.25, -0.2) is 4.98 Å². The van der Waals surface area contributed by atoms with Gasteiger partial charge in [-0.1, -0.05) is 51.1 Å². The van der Waals surface area contributed by atoms with Gasteiger partial charge < -0.3 is 14.2 Å². The van der Waals surface area contributed by atoms with Gasteiger partial charge in [0.25, 0.3) is 5.91 Å². The molecule has 1 aliphatic rings. The number of thiazole rings is 1. The summed E-state index contributed by atoms with van der Waals surface area (Å²) in [7, 11) is -1.86. The number of carbonyl (C=O) groups excluding carboxylic acids is 1. The Morgan fingerprint density at radius 2 is 1.94 bits per heavy atom. The van der Waals surface area contributed by atoms with E-state index >= 15 is 0 Å². The van der Waals surface area contributed by atoms with Crippen LogP contribution in [-0.2, 0) is 11.0 Å². The quantitative estimate of drug-likeness (QED) is 0.466. The number of hydrogen-bond acceptors (Lipinski definition) is 7. The number of carbonyl (C=O) groups is 1. The molecule has 0 saturated heterocycles. The van der Waals surface area contributed by atoms with Gasteiger partial charge in [0.1, 0.15) is 6.61 Å². The van der Waals surface area contributed by atoms with Crippen LogP contribution in [0.5, 0.6) is 0 Å². The number of nitrogens with one attached hydrogen (secondary N) is 1. The molecule has 1 fully saturated rings. The van der Waals surface area contributed by atoms with E-state index in [2.05, 4.69) is 54.4 Å². The fourth-order valence-corrected chi connectivity index (χ4v) is 4.99. The summed E-state index contributed by atoms with van der Waals surface area (Å²) in [4.78, 5) is 17.9. The average Bonchev–Trinajstić information content (AvgIpc) is 3.38. The van der Waals surface area contributed by atoms with Crippen molar-refractivity contribution >= 4 is 25.6 Å². The number of rotatable bonds is 7. The monoisotopic (exact) mass is 470 g/mol. The van der Waals surface area contributed by atoms with E-state index in [-0.39, 0.29) is 22.9 Å². The molecule has 2 aromatic heterocycles. The Morgan fingerprint density at radius 3 is 2.62 bits per heavy atom. The molecule has 7 nitrogen and oxygen atoms in total. The van der Waals surface area contributed by atoms with Gasteiger partial charge in [-0.2, -0.15) is 0 Å². The Labute approximate surface area is 193 Å². The Morgan fingerprint density at radius 1 is 1.22 bits per heavy atom. The van der Waals surface area contributed by atoms with E-state index in [1.54, 1.807) is 6.20 Å². The molecule has 32 heavy (non-hydrogen) atoms. The van der Waals surface area contributed by atoms with Gasteiger partial charge in [0, 0.05) is 18.2 Å². The average molecular weight is 471 g/mol. The van der Waals surface area contributed by atoms with E-state index in [0.29, 0.717) is 23.4 Å². The summed E-state index contributed by atoms with van der Waals surface area (Å²) in [6.07, 6.45) is 3.32. The third kappa shape index (κ3) is 5.00. The van der Waals surface area contributed by atoms with Crippen molar-refractivity contribution in [2.75, 3.05) is 0 Å². The third-order valence-electron chi connectivity index (χ3n) is 6.43. The molecule has 4 rings (SSSR count). The van der Waals surface area contributed by atoms with Crippen molar-refractivity contribution in [2.45, 2.75) is 70.3 Å². The van der Waals surface area contributed by atoms with Gasteiger partial charge in [-0.05, 0) is 36.5 Å². The van der Waals surface area contributed by atoms with E-state index in [1.165, 1.54) is 11.3 Å². The first-order valence-corrected chi connectivity index (χ1v) is 14.6. The maximum Gasteiger partial charge on any atom is 0.280 e. The van der Waals surface area contributed by atoms with Crippen molar-refractivity contribution in [1.82, 2.24) is 20.5 Å². The molecule has 0 bridgehead atoms. The van der Waals surface area contributed by atoms with Crippen molar-refractivity contribution < 1.29 is 13.6 Å². The van der Waals surface area contributed by atoms with Crippen LogP contribution in [0, 0.1) is 0 Å². The molecule has 1 aliphatic carbocycles. The van der Waals surface area contributed by atoms with Gasteiger partial charge in [0.2, 0.25) is 11.8 Å². The summed E-state index contributed by atoms with van der Waals surface area (Å²) in [5, 5.41) is 12.0. The molecule has 0 radical (unpaired) electrons. The van der Waals surface area contributed by atoms with Crippen LogP contribution in [0.3, 0.4) is 0 Å². The standard InChI is InChI=1S/C23H30N4O3SSi/c1-23(2,3)32(4,5)29-14-19-26-27-21(30-19)16-11-17(12-16)25-20(28)22-24-13-18(31-22)15-9-7-6-8-10-15/h6-10,13,16-17H,11-12,14H2,1-5H3,(H,25,28)/t16-,17-. The Kier molecular flexibility index (Phi) is 6.33. The van der Waals surface area contributed by atoms with E-state index in [9.17, 15) is 4.79 Å². The fraction of sp³-hybridized carbons (Fsp3) is 0.478. The summed E-state index contributed by atoms with van der Waals surface area (Å²) in [6.45, 7) is 11.4. The summed E-state index contributed by atoms with van der Waals surface area (Å²) in [5.74, 6) is 1.19. The van der Waals surface area contributed by atoms with Gasteiger partial charge in [-0.15, -0.1) is 21.5 Å². The maximum absolute atomic E-state index is 12.6. The zero-order chi connectivity index (χ0) is 22.9. The highest BCUT2D eigenvalue weighted by atomic mass is 32.1. The second-order valence-electron chi connectivity index (χ2n) is 9.82. The zero-order valence-corrected chi connectivity index (χ0v) is 21.0. The lowest BCUT2D eigenvalue weighted by molar-refractivity contribution is 0.0902. The Balaban J connectivity index is 1.26. The van der Waals surface area contributed by atoms with Crippen molar-refractivity contribution in [1.29, 1.82) is 0 Å². The van der Waals surface area contributed by atoms with Crippen LogP contribution in [0.1, 0.15) is 61.1 Å². The molecule has 1 N–H and O–H groups in total. The largest absolute Gasteiger partial charge is 0.423 e. The molecule has 170 valence electrons. The second kappa shape index (κ2) is 8.88. The van der Waals surface area contributed by atoms with Crippen LogP contribution in [0.4, 0.5) is 0 Å². The number of benzene rings is 1. The molecule has 2 heterocycles. The highest BCUT2D eigenvalue weighted by Gasteiger charge is 2.38. The molecule has 1 amide bonds. The maximum atomic E-state index is 12.6. The molecular formula is C23H30N4O3SSi. The van der Waals surface area contributed by atoms with Crippen molar-refractivity contribution in [3.8, 4) is 10.4 Å². The predicted molar refractivity (Wildman–Crippen MR) is 127 cm³/mol. The van der Waals surface area contributed by atoms with Gasteiger partial charge in [0.15, 0.2) is 13.3 Å². The number of aromatic nitrogens is 3. The highest BCUT2D eigenvalue weighted by molar-refractivity contribution is 7.17. The number of hydrogen-bond donors (Lipinski definition) is 1. The van der Waals surface area contributed by atoms with E-state index in [1.807, 2.05) is 30.3 Å². The fourth-order valence-electron chi connectivity index (χ4n) is 3.25. The molecule has 3 aromatic rings. The summed E-state index contributed by atoms with van der Waals surface area (Å²) >= 11 is 1.41. The highest BCUT2D eigenvalue weighted by Crippen LogP contribution is 2.38. The van der Waals surface area contributed by atoms with Gasteiger partial charge in [0.05, 0.1) is 4.88 Å². The molecule has 0 unspecified atom stereocenters. The lowest BCUT2D eigenvalue weighted by Crippen LogP contribution is -2.43. The first-order chi connectivity index (χ1) is 15.1. The molecular weight excluding hydrogens is 440 g/mol. The minimum Gasteiger partial charge on any atom is -0.423 e. The third-order valence-corrected chi connectivity index (χ3v) is 11.9. The summed E-state index contributed by atoms with van der Waals surface area (Å²) < 4.78 is 12.0. The van der Waals surface area contributed by atoms with Crippen molar-refractivity contribution in [2.24, 2.45) is 0 Å². The van der Waals surface area contributed by atoms with Crippen LogP contribution in [0.15, 0.2) is 40.9 Å². The molecule has 0 aliphatic heterocycles. The minimum atomic E-state index is -1.86.